The van der Waals surface area contributed by atoms with Gasteiger partial charge >= 0.3 is 0 Å². The van der Waals surface area contributed by atoms with Crippen molar-refractivity contribution >= 4 is 35.1 Å². The molecule has 0 spiro atoms. The lowest BCUT2D eigenvalue weighted by molar-refractivity contribution is 0.0897. The van der Waals surface area contributed by atoms with E-state index < -0.39 is 15.7 Å². The van der Waals surface area contributed by atoms with Crippen LogP contribution in [-0.2, 0) is 0 Å². The molecule has 2 rings (SSSR count). The molecule has 3 unspecified atom stereocenters. The van der Waals surface area contributed by atoms with Crippen LogP contribution in [0.25, 0.3) is 0 Å². The molecule has 0 aliphatic heterocycles. The van der Waals surface area contributed by atoms with Gasteiger partial charge < -0.3 is 0 Å². The van der Waals surface area contributed by atoms with Crippen LogP contribution in [0.1, 0.15) is 27.1 Å². The van der Waals surface area contributed by atoms with Crippen molar-refractivity contribution in [2.75, 3.05) is 6.26 Å². The molecule has 1 aromatic carbocycles. The first kappa shape index (κ1) is 15.6. The van der Waals surface area contributed by atoms with Gasteiger partial charge in [-0.2, -0.15) is 10.5 Å². The molecule has 0 N–H and O–H groups in total. The standard InChI is InChI=1S/C15H12N2O2S2/c1-20-13(7-16)14(8-17)21-12-6-11(18)9-4-2-3-5-10(9)15(12)19/h2-5,12-14H,6H2,1H3. The Morgan fingerprint density at radius 3 is 2.33 bits per heavy atom. The predicted octanol–water partition coefficient (Wildman–Crippen LogP) is 2.70. The maximum atomic E-state index is 12.4. The van der Waals surface area contributed by atoms with Gasteiger partial charge in [-0.25, -0.2) is 0 Å². The minimum Gasteiger partial charge on any atom is -0.294 e. The van der Waals surface area contributed by atoms with Gasteiger partial charge in [-0.05, 0) is 6.26 Å². The highest BCUT2D eigenvalue weighted by Gasteiger charge is 2.36. The summed E-state index contributed by atoms with van der Waals surface area (Å²) in [7, 11) is 0. The van der Waals surface area contributed by atoms with E-state index in [-0.39, 0.29) is 18.0 Å². The molecule has 0 heterocycles. The zero-order chi connectivity index (χ0) is 15.4. The van der Waals surface area contributed by atoms with Crippen LogP contribution in [0, 0.1) is 22.7 Å². The fourth-order valence-electron chi connectivity index (χ4n) is 2.19. The maximum absolute atomic E-state index is 12.4. The third-order valence-electron chi connectivity index (χ3n) is 3.25. The second-order valence-corrected chi connectivity index (χ2v) is 6.83. The molecule has 21 heavy (non-hydrogen) atoms. The summed E-state index contributed by atoms with van der Waals surface area (Å²) in [6, 6.07) is 10.9. The van der Waals surface area contributed by atoms with E-state index in [2.05, 4.69) is 12.1 Å². The number of ketones is 2. The molecule has 4 nitrogen and oxygen atoms in total. The number of hydrogen-bond donors (Lipinski definition) is 0. The minimum atomic E-state index is -0.628. The van der Waals surface area contributed by atoms with E-state index in [0.717, 1.165) is 11.8 Å². The average Bonchev–Trinajstić information content (AvgIpc) is 2.52. The Hall–Kier alpha value is -1.76. The number of benzene rings is 1. The van der Waals surface area contributed by atoms with E-state index in [4.69, 9.17) is 5.26 Å². The first-order chi connectivity index (χ1) is 10.1. The Kier molecular flexibility index (Phi) is 5.06. The Balaban J connectivity index is 2.24. The second kappa shape index (κ2) is 6.80. The summed E-state index contributed by atoms with van der Waals surface area (Å²) in [6.07, 6.45) is 1.84. The summed E-state index contributed by atoms with van der Waals surface area (Å²) in [5, 5.41) is 16.5. The summed E-state index contributed by atoms with van der Waals surface area (Å²) in [4.78, 5) is 24.5. The molecule has 0 fully saturated rings. The highest BCUT2D eigenvalue weighted by molar-refractivity contribution is 8.04. The first-order valence-corrected chi connectivity index (χ1v) is 8.49. The topological polar surface area (TPSA) is 81.7 Å². The Bertz CT molecular complexity index is 660. The summed E-state index contributed by atoms with van der Waals surface area (Å²) < 4.78 is 0. The quantitative estimate of drug-likeness (QED) is 0.849. The van der Waals surface area contributed by atoms with Crippen LogP contribution >= 0.6 is 23.5 Å². The molecule has 0 bridgehead atoms. The van der Waals surface area contributed by atoms with Gasteiger partial charge in [0.15, 0.2) is 11.6 Å². The Morgan fingerprint density at radius 1 is 1.14 bits per heavy atom. The molecule has 0 radical (unpaired) electrons. The second-order valence-electron chi connectivity index (χ2n) is 4.50. The van der Waals surface area contributed by atoms with E-state index in [1.54, 1.807) is 30.5 Å². The number of carbonyl (C=O) groups is 2. The van der Waals surface area contributed by atoms with Crippen LogP contribution in [0.3, 0.4) is 0 Å². The van der Waals surface area contributed by atoms with Crippen LogP contribution in [0.5, 0.6) is 0 Å². The summed E-state index contributed by atoms with van der Waals surface area (Å²) >= 11 is 2.40. The Labute approximate surface area is 131 Å². The van der Waals surface area contributed by atoms with E-state index in [1.807, 2.05) is 0 Å². The minimum absolute atomic E-state index is 0.0861. The largest absolute Gasteiger partial charge is 0.294 e. The number of fused-ring (bicyclic) bond motifs is 1. The van der Waals surface area contributed by atoms with Gasteiger partial charge in [0.1, 0.15) is 10.5 Å². The van der Waals surface area contributed by atoms with Crippen LogP contribution in [0.2, 0.25) is 0 Å². The number of nitriles is 2. The molecular formula is C15H12N2O2S2. The number of nitrogens with zero attached hydrogens (tertiary/aromatic N) is 2. The lowest BCUT2D eigenvalue weighted by Gasteiger charge is -2.24. The third kappa shape index (κ3) is 3.12. The zero-order valence-electron chi connectivity index (χ0n) is 11.3. The predicted molar refractivity (Wildman–Crippen MR) is 83.4 cm³/mol. The van der Waals surface area contributed by atoms with Gasteiger partial charge in [0.05, 0.1) is 17.4 Å². The molecule has 1 aliphatic rings. The maximum Gasteiger partial charge on any atom is 0.177 e. The van der Waals surface area contributed by atoms with E-state index in [0.29, 0.717) is 11.1 Å². The summed E-state index contributed by atoms with van der Waals surface area (Å²) in [5.41, 5.74) is 0.871. The van der Waals surface area contributed by atoms with Crippen molar-refractivity contribution in [3.05, 3.63) is 35.4 Å². The van der Waals surface area contributed by atoms with Crippen molar-refractivity contribution in [3.63, 3.8) is 0 Å². The SMILES string of the molecule is CSC(C#N)C(C#N)SC1CC(=O)c2ccccc2C1=O. The highest BCUT2D eigenvalue weighted by atomic mass is 32.2. The fourth-order valence-corrected chi connectivity index (χ4v) is 4.24. The number of hydrogen-bond acceptors (Lipinski definition) is 6. The number of carbonyl (C=O) groups excluding carboxylic acids is 2. The van der Waals surface area contributed by atoms with E-state index in [9.17, 15) is 14.9 Å². The highest BCUT2D eigenvalue weighted by Crippen LogP contribution is 2.34. The number of rotatable bonds is 4. The van der Waals surface area contributed by atoms with Crippen molar-refractivity contribution in [3.8, 4) is 12.1 Å². The van der Waals surface area contributed by atoms with Crippen molar-refractivity contribution in [1.82, 2.24) is 0 Å². The number of thioether (sulfide) groups is 2. The molecule has 106 valence electrons. The molecule has 1 aromatic rings. The van der Waals surface area contributed by atoms with Crippen molar-refractivity contribution in [2.45, 2.75) is 22.2 Å². The van der Waals surface area contributed by atoms with Crippen molar-refractivity contribution in [2.24, 2.45) is 0 Å². The van der Waals surface area contributed by atoms with Crippen LogP contribution < -0.4 is 0 Å². The lowest BCUT2D eigenvalue weighted by atomic mass is 9.89. The van der Waals surface area contributed by atoms with Crippen molar-refractivity contribution < 1.29 is 9.59 Å². The van der Waals surface area contributed by atoms with E-state index >= 15 is 0 Å². The molecule has 0 saturated carbocycles. The lowest BCUT2D eigenvalue weighted by Crippen LogP contribution is -2.32. The molecule has 3 atom stereocenters. The fraction of sp³-hybridized carbons (Fsp3) is 0.333. The van der Waals surface area contributed by atoms with Crippen molar-refractivity contribution in [1.29, 1.82) is 10.5 Å². The third-order valence-corrected chi connectivity index (χ3v) is 5.69. The number of Topliss-reactive ketones (excluding diaryl/α,β-unsaturated/α-hetero) is 2. The normalized spacial score (nSPS) is 20.0. The van der Waals surface area contributed by atoms with Gasteiger partial charge in [0.25, 0.3) is 0 Å². The van der Waals surface area contributed by atoms with Crippen LogP contribution in [0.4, 0.5) is 0 Å². The van der Waals surface area contributed by atoms with E-state index in [1.165, 1.54) is 11.8 Å². The monoisotopic (exact) mass is 316 g/mol. The smallest absolute Gasteiger partial charge is 0.177 e. The van der Waals surface area contributed by atoms with Gasteiger partial charge in [0, 0.05) is 17.5 Å². The average molecular weight is 316 g/mol. The van der Waals surface area contributed by atoms with Crippen LogP contribution in [-0.4, -0.2) is 33.6 Å². The summed E-state index contributed by atoms with van der Waals surface area (Å²) in [5.74, 6) is -0.217. The molecule has 0 amide bonds. The van der Waals surface area contributed by atoms with Gasteiger partial charge in [-0.3, -0.25) is 9.59 Å². The van der Waals surface area contributed by atoms with Gasteiger partial charge in [0.2, 0.25) is 0 Å². The van der Waals surface area contributed by atoms with Crippen LogP contribution in [0.15, 0.2) is 24.3 Å². The molecule has 1 aliphatic carbocycles. The molecule has 0 saturated heterocycles. The first-order valence-electron chi connectivity index (χ1n) is 6.26. The molecule has 0 aromatic heterocycles. The molecular weight excluding hydrogens is 304 g/mol. The van der Waals surface area contributed by atoms with Gasteiger partial charge in [-0.15, -0.1) is 23.5 Å². The zero-order valence-corrected chi connectivity index (χ0v) is 12.9. The molecule has 6 heteroatoms. The summed E-state index contributed by atoms with van der Waals surface area (Å²) in [6.45, 7) is 0. The van der Waals surface area contributed by atoms with Gasteiger partial charge in [-0.1, -0.05) is 24.3 Å². The Morgan fingerprint density at radius 2 is 1.76 bits per heavy atom.